The molecule has 0 unspecified atom stereocenters. The van der Waals surface area contributed by atoms with Crippen LogP contribution in [0.15, 0.2) is 4.99 Å². The van der Waals surface area contributed by atoms with Gasteiger partial charge in [0.1, 0.15) is 0 Å². The van der Waals surface area contributed by atoms with E-state index in [1.807, 2.05) is 0 Å². The van der Waals surface area contributed by atoms with Crippen molar-refractivity contribution in [3.63, 3.8) is 0 Å². The Labute approximate surface area is 43.8 Å². The molecule has 0 aliphatic heterocycles. The van der Waals surface area contributed by atoms with Crippen molar-refractivity contribution in [3.05, 3.63) is 0 Å². The van der Waals surface area contributed by atoms with Gasteiger partial charge in [0, 0.05) is 26.9 Å². The molecule has 7 heavy (non-hydrogen) atoms. The molecule has 3 nitrogen and oxygen atoms in total. The zero-order valence-electron chi connectivity index (χ0n) is 4.76. The van der Waals surface area contributed by atoms with Crippen LogP contribution >= 0.6 is 0 Å². The van der Waals surface area contributed by atoms with Crippen LogP contribution in [0.4, 0.5) is 0 Å². The Morgan fingerprint density at radius 3 is 2.57 bits per heavy atom. The molecule has 0 aromatic rings. The van der Waals surface area contributed by atoms with Gasteiger partial charge in [0.2, 0.25) is 0 Å². The van der Waals surface area contributed by atoms with Crippen LogP contribution in [0.3, 0.4) is 0 Å². The maximum Gasteiger partial charge on any atom is 0.0475 e. The normalized spacial score (nSPS) is 11.4. The Balaban J connectivity index is 2.97. The van der Waals surface area contributed by atoms with E-state index in [4.69, 9.17) is 5.84 Å². The van der Waals surface area contributed by atoms with E-state index in [1.165, 1.54) is 0 Å². The van der Waals surface area contributed by atoms with E-state index in [-0.39, 0.29) is 0 Å². The topological polar surface area (TPSA) is 41.6 Å². The van der Waals surface area contributed by atoms with Gasteiger partial charge in [-0.05, 0) is 0 Å². The van der Waals surface area contributed by atoms with Crippen LogP contribution in [0.25, 0.3) is 0 Å². The zero-order valence-corrected chi connectivity index (χ0v) is 4.76. The van der Waals surface area contributed by atoms with Gasteiger partial charge in [0.05, 0.1) is 0 Å². The molecule has 0 fully saturated rings. The summed E-state index contributed by atoms with van der Waals surface area (Å²) in [4.78, 5) is 3.73. The highest BCUT2D eigenvalue weighted by Gasteiger charge is 1.78. The van der Waals surface area contributed by atoms with E-state index >= 15 is 0 Å². The van der Waals surface area contributed by atoms with Crippen LogP contribution < -0.4 is 5.84 Å². The highest BCUT2D eigenvalue weighted by molar-refractivity contribution is 5.59. The van der Waals surface area contributed by atoms with Crippen molar-refractivity contribution in [1.29, 1.82) is 0 Å². The lowest BCUT2D eigenvalue weighted by Crippen LogP contribution is -2.27. The molecule has 0 aromatic heterocycles. The Kier molecular flexibility index (Phi) is 3.55. The van der Waals surface area contributed by atoms with Gasteiger partial charge >= 0.3 is 0 Å². The number of hydrogen-bond acceptors (Lipinski definition) is 3. The molecule has 0 aromatic carbocycles. The Morgan fingerprint density at radius 2 is 2.43 bits per heavy atom. The molecule has 3 heteroatoms. The predicted octanol–water partition coefficient (Wildman–Crippen LogP) is -0.507. The van der Waals surface area contributed by atoms with E-state index in [0.717, 1.165) is 6.54 Å². The van der Waals surface area contributed by atoms with Crippen molar-refractivity contribution in [3.8, 4) is 0 Å². The van der Waals surface area contributed by atoms with Crippen LogP contribution in [0.1, 0.15) is 0 Å². The Morgan fingerprint density at radius 1 is 1.86 bits per heavy atom. The van der Waals surface area contributed by atoms with E-state index in [2.05, 4.69) is 4.99 Å². The van der Waals surface area contributed by atoms with Crippen LogP contribution in [0.5, 0.6) is 0 Å². The van der Waals surface area contributed by atoms with Crippen LogP contribution in [-0.4, -0.2) is 31.9 Å². The fourth-order valence-corrected chi connectivity index (χ4v) is 0.210. The van der Waals surface area contributed by atoms with Crippen molar-refractivity contribution in [2.24, 2.45) is 10.8 Å². The first-order chi connectivity index (χ1) is 3.27. The standard InChI is InChI=1S/C4H11N3/c1-6-3-4-7(2)5/h3H,4-5H2,1-2H3. The third-order valence-corrected chi connectivity index (χ3v) is 0.552. The number of nitrogens with two attached hydrogens (primary N) is 1. The van der Waals surface area contributed by atoms with Gasteiger partial charge < -0.3 is 0 Å². The van der Waals surface area contributed by atoms with Crippen molar-refractivity contribution in [1.82, 2.24) is 5.01 Å². The summed E-state index contributed by atoms with van der Waals surface area (Å²) in [5, 5.41) is 1.56. The van der Waals surface area contributed by atoms with Gasteiger partial charge in [0.25, 0.3) is 0 Å². The van der Waals surface area contributed by atoms with Crippen molar-refractivity contribution < 1.29 is 0 Å². The molecule has 0 saturated heterocycles. The van der Waals surface area contributed by atoms with Gasteiger partial charge in [-0.25, -0.2) is 5.01 Å². The van der Waals surface area contributed by atoms with Gasteiger partial charge in [-0.2, -0.15) is 0 Å². The van der Waals surface area contributed by atoms with E-state index < -0.39 is 0 Å². The monoisotopic (exact) mass is 101 g/mol. The fraction of sp³-hybridized carbons (Fsp3) is 0.750. The number of aliphatic imine (C=N–C) groups is 1. The third-order valence-electron chi connectivity index (χ3n) is 0.552. The van der Waals surface area contributed by atoms with Crippen LogP contribution in [0.2, 0.25) is 0 Å². The summed E-state index contributed by atoms with van der Waals surface area (Å²) in [5.41, 5.74) is 0. The first kappa shape index (κ1) is 6.59. The summed E-state index contributed by atoms with van der Waals surface area (Å²) in [6.07, 6.45) is 1.75. The average molecular weight is 101 g/mol. The summed E-state index contributed by atoms with van der Waals surface area (Å²) < 4.78 is 0. The van der Waals surface area contributed by atoms with E-state index in [1.54, 1.807) is 25.3 Å². The van der Waals surface area contributed by atoms with Crippen molar-refractivity contribution >= 4 is 6.21 Å². The minimum atomic E-state index is 0.719. The molecule has 0 heterocycles. The predicted molar refractivity (Wildman–Crippen MR) is 31.2 cm³/mol. The third kappa shape index (κ3) is 5.59. The maximum atomic E-state index is 5.22. The molecule has 2 N–H and O–H groups in total. The Bertz CT molecular complexity index is 58.0. The zero-order chi connectivity index (χ0) is 5.70. The second-order valence-corrected chi connectivity index (χ2v) is 1.38. The smallest absolute Gasteiger partial charge is 0.0475 e. The molecule has 0 spiro atoms. The summed E-state index contributed by atoms with van der Waals surface area (Å²) in [5.74, 6) is 5.22. The quantitative estimate of drug-likeness (QED) is 0.289. The number of hydrazine groups is 1. The highest BCUT2D eigenvalue weighted by atomic mass is 15.4. The molecule has 0 aliphatic carbocycles. The number of nitrogens with zero attached hydrogens (tertiary/aromatic N) is 2. The van der Waals surface area contributed by atoms with Gasteiger partial charge in [0.15, 0.2) is 0 Å². The lowest BCUT2D eigenvalue weighted by Gasteiger charge is -2.01. The minimum Gasteiger partial charge on any atom is -0.299 e. The van der Waals surface area contributed by atoms with Gasteiger partial charge in [-0.1, -0.05) is 0 Å². The SMILES string of the molecule is CN=CCN(C)N. The first-order valence-electron chi connectivity index (χ1n) is 2.14. The second kappa shape index (κ2) is 3.77. The molecule has 0 rings (SSSR count). The number of rotatable bonds is 2. The molecule has 0 saturated carbocycles. The average Bonchev–Trinajstić information content (AvgIpc) is 1.61. The lowest BCUT2D eigenvalue weighted by atomic mass is 10.7. The Hall–Kier alpha value is -0.410. The van der Waals surface area contributed by atoms with Gasteiger partial charge in [-0.15, -0.1) is 0 Å². The summed E-state index contributed by atoms with van der Waals surface area (Å²) in [7, 11) is 3.52. The molecule has 0 bridgehead atoms. The minimum absolute atomic E-state index is 0.719. The molecule has 0 atom stereocenters. The maximum absolute atomic E-state index is 5.22. The van der Waals surface area contributed by atoms with Crippen molar-refractivity contribution in [2.45, 2.75) is 0 Å². The van der Waals surface area contributed by atoms with Gasteiger partial charge in [-0.3, -0.25) is 10.8 Å². The molecule has 0 amide bonds. The summed E-state index contributed by atoms with van der Waals surface area (Å²) >= 11 is 0. The molecule has 0 aliphatic rings. The lowest BCUT2D eigenvalue weighted by molar-refractivity contribution is 0.404. The molecular formula is C4H11N3. The van der Waals surface area contributed by atoms with E-state index in [0.29, 0.717) is 0 Å². The molecular weight excluding hydrogens is 90.1 g/mol. The molecule has 0 radical (unpaired) electrons. The van der Waals surface area contributed by atoms with Crippen molar-refractivity contribution in [2.75, 3.05) is 20.6 Å². The number of hydrogen-bond donors (Lipinski definition) is 1. The summed E-state index contributed by atoms with van der Waals surface area (Å²) in [6.45, 7) is 0.719. The highest BCUT2D eigenvalue weighted by Crippen LogP contribution is 1.60. The summed E-state index contributed by atoms with van der Waals surface area (Å²) in [6, 6.07) is 0. The van der Waals surface area contributed by atoms with E-state index in [9.17, 15) is 0 Å². The fourth-order valence-electron chi connectivity index (χ4n) is 0.210. The second-order valence-electron chi connectivity index (χ2n) is 1.38. The first-order valence-corrected chi connectivity index (χ1v) is 2.14. The largest absolute Gasteiger partial charge is 0.299 e. The van der Waals surface area contributed by atoms with Crippen LogP contribution in [0, 0.1) is 0 Å². The molecule has 42 valence electrons. The van der Waals surface area contributed by atoms with Crippen LogP contribution in [-0.2, 0) is 0 Å².